The van der Waals surface area contributed by atoms with Gasteiger partial charge >= 0.3 is 0 Å². The van der Waals surface area contributed by atoms with E-state index in [0.717, 1.165) is 24.9 Å². The van der Waals surface area contributed by atoms with Gasteiger partial charge in [-0.15, -0.1) is 0 Å². The minimum Gasteiger partial charge on any atom is -0.344 e. The Balaban J connectivity index is -0.000000120. The van der Waals surface area contributed by atoms with E-state index in [2.05, 4.69) is 255 Å². The number of amides is 2. The van der Waals surface area contributed by atoms with Crippen molar-refractivity contribution >= 4 is 11.8 Å². The fourth-order valence-corrected chi connectivity index (χ4v) is 8.43. The van der Waals surface area contributed by atoms with Crippen molar-refractivity contribution in [3.05, 3.63) is 23.3 Å². The van der Waals surface area contributed by atoms with Gasteiger partial charge in [-0.3, -0.25) is 19.4 Å². The molecular weight excluding hydrogens is 937 g/mol. The number of nitrogens with zero attached hydrogens (tertiary/aromatic N) is 4. The summed E-state index contributed by atoms with van der Waals surface area (Å²) >= 11 is 0. The summed E-state index contributed by atoms with van der Waals surface area (Å²) in [5.74, 6) is 2.02. The molecule has 2 fully saturated rings. The molecular formula is C66H148N8O2. The molecule has 0 saturated carbocycles. The number of rotatable bonds is 2. The van der Waals surface area contributed by atoms with E-state index in [1.54, 1.807) is 0 Å². The van der Waals surface area contributed by atoms with Crippen molar-refractivity contribution in [2.24, 2.45) is 66.6 Å². The maximum Gasteiger partial charge on any atom is 0.242 e. The average Bonchev–Trinajstić information content (AvgIpc) is 3.14. The van der Waals surface area contributed by atoms with Crippen molar-refractivity contribution in [2.45, 2.75) is 284 Å². The van der Waals surface area contributed by atoms with E-state index in [0.29, 0.717) is 43.3 Å². The largest absolute Gasteiger partial charge is 0.344 e. The third-order valence-corrected chi connectivity index (χ3v) is 14.9. The van der Waals surface area contributed by atoms with Gasteiger partial charge in [-0.25, -0.2) is 0 Å². The Morgan fingerprint density at radius 2 is 0.632 bits per heavy atom. The zero-order valence-corrected chi connectivity index (χ0v) is 60.3. The monoisotopic (exact) mass is 1090 g/mol. The Hall–Kier alpha value is -1.82. The minimum atomic E-state index is -0.378. The van der Waals surface area contributed by atoms with Gasteiger partial charge in [0.2, 0.25) is 11.8 Å². The summed E-state index contributed by atoms with van der Waals surface area (Å²) in [6, 6.07) is 0. The fourth-order valence-electron chi connectivity index (χ4n) is 8.43. The average molecular weight is 1090 g/mol. The second-order valence-corrected chi connectivity index (χ2v) is 33.1. The molecule has 2 atom stereocenters. The molecule has 0 aromatic rings. The van der Waals surface area contributed by atoms with E-state index in [9.17, 15) is 9.59 Å². The number of allylic oxidation sites excluding steroid dienone is 4. The zero-order valence-electron chi connectivity index (χ0n) is 60.3. The topological polar surface area (TPSA) is 169 Å². The molecule has 0 aromatic carbocycles. The standard InChI is InChI=1S/2C11H24.2C11H22.2C10H20N2O.2CH5N.2H3N/c4*1-9(11(5,6)7)8-10(2,3)4;2*1-9(2)7-11(5)8(13)10(3,4)12(9)6;2*1-2;;/h2*9H,8H2,1-7H3;2*8H,1-7H3;2*7H2,1-6H3;2*2H2,1H3;2*1H3/b;;2*9-8-;;;;;;. The lowest BCUT2D eigenvalue weighted by molar-refractivity contribution is -0.155. The van der Waals surface area contributed by atoms with Crippen molar-refractivity contribution in [3.63, 3.8) is 0 Å². The molecule has 2 unspecified atom stereocenters. The molecule has 10 nitrogen and oxygen atoms in total. The van der Waals surface area contributed by atoms with Crippen LogP contribution >= 0.6 is 0 Å². The van der Waals surface area contributed by atoms with Gasteiger partial charge in [0, 0.05) is 38.3 Å². The van der Waals surface area contributed by atoms with Gasteiger partial charge < -0.3 is 33.6 Å². The van der Waals surface area contributed by atoms with Crippen molar-refractivity contribution in [1.82, 2.24) is 31.9 Å². The number of piperazine rings is 2. The van der Waals surface area contributed by atoms with Crippen LogP contribution < -0.4 is 23.8 Å². The van der Waals surface area contributed by atoms with Crippen LogP contribution in [0.1, 0.15) is 262 Å². The molecule has 2 rings (SSSR count). The first-order valence-electron chi connectivity index (χ1n) is 28.4. The maximum atomic E-state index is 11.8. The van der Waals surface area contributed by atoms with Gasteiger partial charge in [0.15, 0.2) is 0 Å². The number of carbonyl (C=O) groups is 2. The first kappa shape index (κ1) is 90.7. The molecule has 464 valence electrons. The molecule has 10 N–H and O–H groups in total. The van der Waals surface area contributed by atoms with Crippen LogP contribution in [0.5, 0.6) is 0 Å². The first-order valence-corrected chi connectivity index (χ1v) is 28.4. The molecule has 2 saturated heterocycles. The highest BCUT2D eigenvalue weighted by Gasteiger charge is 2.48. The van der Waals surface area contributed by atoms with Crippen LogP contribution in [0.2, 0.25) is 0 Å². The molecule has 0 bridgehead atoms. The lowest BCUT2D eigenvalue weighted by Gasteiger charge is -2.52. The van der Waals surface area contributed by atoms with E-state index >= 15 is 0 Å². The Morgan fingerprint density at radius 3 is 0.737 bits per heavy atom. The summed E-state index contributed by atoms with van der Waals surface area (Å²) < 4.78 is 0. The number of carbonyl (C=O) groups excluding carboxylic acids is 2. The van der Waals surface area contributed by atoms with Gasteiger partial charge in [-0.2, -0.15) is 0 Å². The lowest BCUT2D eigenvalue weighted by Crippen LogP contribution is -2.69. The summed E-state index contributed by atoms with van der Waals surface area (Å²) in [5.41, 5.74) is 14.5. The van der Waals surface area contributed by atoms with Crippen molar-refractivity contribution < 1.29 is 9.59 Å². The summed E-state index contributed by atoms with van der Waals surface area (Å²) in [4.78, 5) is 31.6. The van der Waals surface area contributed by atoms with Gasteiger partial charge in [-0.05, 0) is 165 Å². The van der Waals surface area contributed by atoms with Crippen LogP contribution in [0.15, 0.2) is 23.3 Å². The molecule has 2 aliphatic heterocycles. The van der Waals surface area contributed by atoms with E-state index in [1.165, 1.54) is 38.1 Å². The molecule has 76 heavy (non-hydrogen) atoms. The molecule has 10 heteroatoms. The van der Waals surface area contributed by atoms with Gasteiger partial charge in [0.1, 0.15) is 0 Å². The molecule has 2 aliphatic rings. The summed E-state index contributed by atoms with van der Waals surface area (Å²) in [6.45, 7) is 82.1. The normalized spacial score (nSPS) is 18.9. The smallest absolute Gasteiger partial charge is 0.242 e. The molecule has 2 heterocycles. The Labute approximate surface area is 480 Å². The van der Waals surface area contributed by atoms with Crippen molar-refractivity contribution in [3.8, 4) is 0 Å². The van der Waals surface area contributed by atoms with E-state index in [-0.39, 0.29) is 46.3 Å². The quantitative estimate of drug-likeness (QED) is 0.198. The van der Waals surface area contributed by atoms with Crippen molar-refractivity contribution in [1.29, 1.82) is 0 Å². The van der Waals surface area contributed by atoms with E-state index < -0.39 is 0 Å². The van der Waals surface area contributed by atoms with Gasteiger partial charge in [0.25, 0.3) is 0 Å². The van der Waals surface area contributed by atoms with Crippen LogP contribution in [0.3, 0.4) is 0 Å². The highest BCUT2D eigenvalue weighted by Crippen LogP contribution is 2.37. The third kappa shape index (κ3) is 39.5. The maximum absolute atomic E-state index is 11.8. The van der Waals surface area contributed by atoms with Crippen LogP contribution in [0.4, 0.5) is 0 Å². The highest BCUT2D eigenvalue weighted by molar-refractivity contribution is 5.87. The molecule has 0 aliphatic carbocycles. The summed E-state index contributed by atoms with van der Waals surface area (Å²) in [6.07, 6.45) is 7.34. The second-order valence-electron chi connectivity index (χ2n) is 33.1. The van der Waals surface area contributed by atoms with Crippen LogP contribution in [-0.4, -0.2) is 109 Å². The van der Waals surface area contributed by atoms with E-state index in [1.807, 2.05) is 65.7 Å². The molecule has 0 spiro atoms. The van der Waals surface area contributed by atoms with Crippen LogP contribution in [0.25, 0.3) is 0 Å². The van der Waals surface area contributed by atoms with E-state index in [4.69, 9.17) is 0 Å². The fraction of sp³-hybridized carbons (Fsp3) is 0.909. The van der Waals surface area contributed by atoms with Gasteiger partial charge in [0.05, 0.1) is 11.1 Å². The molecule has 0 radical (unpaired) electrons. The molecule has 0 aromatic heterocycles. The SMILES string of the molecule is C/C(=C/C(C)(C)C)C(C)(C)C.C/C(=C/C(C)(C)C)C(C)(C)C.CC(CC(C)(C)C)C(C)(C)C.CC(CC(C)(C)C)C(C)(C)C.CN.CN.CN1CC(C)(C)N(C)C(C)(C)C1=O.CN1CC(C)(C)N(C)C(C)(C)C1=O.N.N. The second kappa shape index (κ2) is 33.8. The van der Waals surface area contributed by atoms with Crippen LogP contribution in [0, 0.1) is 55.2 Å². The van der Waals surface area contributed by atoms with Gasteiger partial charge in [-0.1, -0.05) is 203 Å². The summed E-state index contributed by atoms with van der Waals surface area (Å²) in [5, 5.41) is 0. The Morgan fingerprint density at radius 1 is 0.447 bits per heavy atom. The van der Waals surface area contributed by atoms with Crippen molar-refractivity contribution in [2.75, 3.05) is 55.4 Å². The summed E-state index contributed by atoms with van der Waals surface area (Å²) in [7, 11) is 10.8. The zero-order chi connectivity index (χ0) is 62.0. The number of hydrogen-bond acceptors (Lipinski definition) is 8. The number of nitrogens with two attached hydrogens (primary N) is 2. The lowest BCUT2D eigenvalue weighted by atomic mass is 9.73. The predicted molar refractivity (Wildman–Crippen MR) is 348 cm³/mol. The minimum absolute atomic E-state index is 0. The highest BCUT2D eigenvalue weighted by atomic mass is 16.2. The van der Waals surface area contributed by atoms with Crippen LogP contribution in [-0.2, 0) is 9.59 Å². The third-order valence-electron chi connectivity index (χ3n) is 14.9. The first-order chi connectivity index (χ1) is 31.9. The predicted octanol–water partition coefficient (Wildman–Crippen LogP) is 17.6. The Kier molecular flexibility index (Phi) is 40.4. The molecule has 2 amide bonds. The number of hydrogen-bond donors (Lipinski definition) is 4. The number of likely N-dealkylation sites (N-methyl/N-ethyl adjacent to an activating group) is 4. The Bertz CT molecular complexity index is 1510.